The molecule has 7 nitrogen and oxygen atoms in total. The van der Waals surface area contributed by atoms with Crippen molar-refractivity contribution in [3.8, 4) is 0 Å². The molecule has 0 radical (unpaired) electrons. The zero-order valence-electron chi connectivity index (χ0n) is 9.14. The molecule has 0 saturated carbocycles. The predicted octanol–water partition coefficient (Wildman–Crippen LogP) is -1.56. The number of hydrogen-bond donors (Lipinski definition) is 4. The van der Waals surface area contributed by atoms with Crippen molar-refractivity contribution in [1.82, 2.24) is 15.5 Å². The van der Waals surface area contributed by atoms with E-state index in [4.69, 9.17) is 10.2 Å². The molecular weight excluding hydrogens is 214 g/mol. The van der Waals surface area contributed by atoms with Crippen LogP contribution in [0.1, 0.15) is 6.42 Å². The first-order valence-corrected chi connectivity index (χ1v) is 5.12. The van der Waals surface area contributed by atoms with Crippen LogP contribution in [-0.4, -0.2) is 65.9 Å². The Kier molecular flexibility index (Phi) is 4.51. The first-order valence-electron chi connectivity index (χ1n) is 5.12. The highest BCUT2D eigenvalue weighted by Gasteiger charge is 2.23. The van der Waals surface area contributed by atoms with E-state index in [2.05, 4.69) is 15.5 Å². The van der Waals surface area contributed by atoms with Crippen molar-refractivity contribution >= 4 is 12.0 Å². The van der Waals surface area contributed by atoms with E-state index in [9.17, 15) is 9.59 Å². The molecule has 0 aliphatic carbocycles. The van der Waals surface area contributed by atoms with Gasteiger partial charge in [-0.2, -0.15) is 0 Å². The van der Waals surface area contributed by atoms with Crippen LogP contribution in [0.25, 0.3) is 0 Å². The van der Waals surface area contributed by atoms with Crippen LogP contribution in [0.4, 0.5) is 4.79 Å². The number of amides is 2. The summed E-state index contributed by atoms with van der Waals surface area (Å²) >= 11 is 0. The maximum Gasteiger partial charge on any atom is 0.328 e. The van der Waals surface area contributed by atoms with Crippen LogP contribution in [-0.2, 0) is 4.79 Å². The van der Waals surface area contributed by atoms with Gasteiger partial charge in [0.25, 0.3) is 0 Å². The van der Waals surface area contributed by atoms with Gasteiger partial charge in [0.2, 0.25) is 0 Å². The van der Waals surface area contributed by atoms with E-state index in [0.29, 0.717) is 0 Å². The third kappa shape index (κ3) is 3.67. The Morgan fingerprint density at radius 1 is 1.56 bits per heavy atom. The van der Waals surface area contributed by atoms with Crippen molar-refractivity contribution < 1.29 is 19.8 Å². The maximum atomic E-state index is 11.4. The van der Waals surface area contributed by atoms with Crippen LogP contribution in [0.5, 0.6) is 0 Å². The Morgan fingerprint density at radius 2 is 2.25 bits per heavy atom. The zero-order valence-corrected chi connectivity index (χ0v) is 9.14. The van der Waals surface area contributed by atoms with Crippen LogP contribution in [0.15, 0.2) is 0 Å². The van der Waals surface area contributed by atoms with Gasteiger partial charge in [0.15, 0.2) is 6.04 Å². The number of hydrogen-bond acceptors (Lipinski definition) is 4. The van der Waals surface area contributed by atoms with Gasteiger partial charge in [-0.15, -0.1) is 0 Å². The second kappa shape index (κ2) is 5.66. The van der Waals surface area contributed by atoms with E-state index in [1.165, 1.54) is 0 Å². The molecule has 2 amide bonds. The number of aliphatic carboxylic acids is 1. The summed E-state index contributed by atoms with van der Waals surface area (Å²) < 4.78 is 0. The summed E-state index contributed by atoms with van der Waals surface area (Å²) in [4.78, 5) is 24.0. The summed E-state index contributed by atoms with van der Waals surface area (Å²) in [5.74, 6) is -1.25. The van der Waals surface area contributed by atoms with Crippen molar-refractivity contribution in [1.29, 1.82) is 0 Å². The third-order valence-electron chi connectivity index (χ3n) is 2.51. The number of carboxylic acids is 1. The number of likely N-dealkylation sites (N-methyl/N-ethyl adjacent to an activating group) is 1. The highest BCUT2D eigenvalue weighted by atomic mass is 16.4. The van der Waals surface area contributed by atoms with Crippen molar-refractivity contribution in [2.24, 2.45) is 0 Å². The number of likely N-dealkylation sites (tertiary alicyclic amines) is 1. The van der Waals surface area contributed by atoms with Crippen molar-refractivity contribution in [2.75, 3.05) is 26.7 Å². The Bertz CT molecular complexity index is 271. The van der Waals surface area contributed by atoms with Crippen molar-refractivity contribution in [2.45, 2.75) is 18.5 Å². The molecule has 0 spiro atoms. The topological polar surface area (TPSA) is 102 Å². The van der Waals surface area contributed by atoms with E-state index >= 15 is 0 Å². The lowest BCUT2D eigenvalue weighted by atomic mass is 10.2. The summed E-state index contributed by atoms with van der Waals surface area (Å²) in [5.41, 5.74) is 0. The lowest BCUT2D eigenvalue weighted by Gasteiger charge is -2.16. The molecule has 0 bridgehead atoms. The number of carboxylic acid groups (broad SMARTS) is 1. The smallest absolute Gasteiger partial charge is 0.328 e. The molecule has 0 aromatic heterocycles. The number of nitrogens with one attached hydrogen (secondary N) is 2. The number of urea groups is 1. The summed E-state index contributed by atoms with van der Waals surface area (Å²) in [5, 5.41) is 22.2. The summed E-state index contributed by atoms with van der Waals surface area (Å²) in [6.45, 7) is 1.05. The summed E-state index contributed by atoms with van der Waals surface area (Å²) in [6, 6.07) is -1.76. The number of aliphatic hydroxyl groups is 1. The zero-order chi connectivity index (χ0) is 12.1. The largest absolute Gasteiger partial charge is 0.480 e. The SMILES string of the molecule is CN1CCC(NC(=O)NC(CO)C(=O)O)C1. The average molecular weight is 231 g/mol. The number of carbonyl (C=O) groups is 2. The molecule has 16 heavy (non-hydrogen) atoms. The minimum Gasteiger partial charge on any atom is -0.480 e. The predicted molar refractivity (Wildman–Crippen MR) is 56.1 cm³/mol. The second-order valence-corrected chi connectivity index (χ2v) is 3.94. The summed E-state index contributed by atoms with van der Waals surface area (Å²) in [7, 11) is 1.95. The average Bonchev–Trinajstić information content (AvgIpc) is 2.60. The fourth-order valence-corrected chi connectivity index (χ4v) is 1.62. The monoisotopic (exact) mass is 231 g/mol. The first kappa shape index (κ1) is 12.7. The lowest BCUT2D eigenvalue weighted by Crippen LogP contribution is -2.50. The molecule has 1 rings (SSSR count). The Labute approximate surface area is 93.4 Å². The second-order valence-electron chi connectivity index (χ2n) is 3.94. The highest BCUT2D eigenvalue weighted by Crippen LogP contribution is 2.05. The first-order chi connectivity index (χ1) is 7.52. The number of rotatable bonds is 4. The van der Waals surface area contributed by atoms with Gasteiger partial charge >= 0.3 is 12.0 Å². The minimum atomic E-state index is -1.25. The van der Waals surface area contributed by atoms with Gasteiger partial charge in [-0.05, 0) is 20.0 Å². The van der Waals surface area contributed by atoms with E-state index in [1.807, 2.05) is 7.05 Å². The number of aliphatic hydroxyl groups excluding tert-OH is 1. The van der Waals surface area contributed by atoms with Crippen LogP contribution in [0.2, 0.25) is 0 Å². The lowest BCUT2D eigenvalue weighted by molar-refractivity contribution is -0.140. The molecule has 7 heteroatoms. The van der Waals surface area contributed by atoms with Crippen LogP contribution in [0.3, 0.4) is 0 Å². The van der Waals surface area contributed by atoms with Crippen LogP contribution in [0, 0.1) is 0 Å². The molecule has 0 aromatic carbocycles. The molecule has 92 valence electrons. The highest BCUT2D eigenvalue weighted by molar-refractivity contribution is 5.82. The van der Waals surface area contributed by atoms with E-state index in [-0.39, 0.29) is 6.04 Å². The Morgan fingerprint density at radius 3 is 2.69 bits per heavy atom. The van der Waals surface area contributed by atoms with Gasteiger partial charge in [-0.25, -0.2) is 9.59 Å². The van der Waals surface area contributed by atoms with Gasteiger partial charge < -0.3 is 25.7 Å². The molecule has 2 unspecified atom stereocenters. The van der Waals surface area contributed by atoms with E-state index in [1.54, 1.807) is 0 Å². The van der Waals surface area contributed by atoms with Gasteiger partial charge in [0.1, 0.15) is 0 Å². The fraction of sp³-hybridized carbons (Fsp3) is 0.778. The molecule has 1 heterocycles. The van der Waals surface area contributed by atoms with Crippen LogP contribution < -0.4 is 10.6 Å². The molecule has 1 aliphatic rings. The molecule has 1 saturated heterocycles. The summed E-state index contributed by atoms with van der Waals surface area (Å²) in [6.07, 6.45) is 0.848. The number of carbonyl (C=O) groups excluding carboxylic acids is 1. The van der Waals surface area contributed by atoms with Crippen molar-refractivity contribution in [3.05, 3.63) is 0 Å². The Hall–Kier alpha value is -1.34. The minimum absolute atomic E-state index is 0.0399. The van der Waals surface area contributed by atoms with Gasteiger partial charge in [-0.1, -0.05) is 0 Å². The quantitative estimate of drug-likeness (QED) is 0.468. The Balaban J connectivity index is 2.32. The van der Waals surface area contributed by atoms with E-state index in [0.717, 1.165) is 19.5 Å². The molecule has 0 aromatic rings. The molecule has 2 atom stereocenters. The third-order valence-corrected chi connectivity index (χ3v) is 2.51. The molecular formula is C9H17N3O4. The standard InChI is InChI=1S/C9H17N3O4/c1-12-3-2-6(4-12)10-9(16)11-7(5-13)8(14)15/h6-7,13H,2-5H2,1H3,(H,14,15)(H2,10,11,16). The molecule has 4 N–H and O–H groups in total. The van der Waals surface area contributed by atoms with Gasteiger partial charge in [0.05, 0.1) is 6.61 Å². The van der Waals surface area contributed by atoms with Crippen LogP contribution >= 0.6 is 0 Å². The van der Waals surface area contributed by atoms with Crippen molar-refractivity contribution in [3.63, 3.8) is 0 Å². The normalized spacial score (nSPS) is 22.8. The van der Waals surface area contributed by atoms with Gasteiger partial charge in [0, 0.05) is 12.6 Å². The van der Waals surface area contributed by atoms with E-state index < -0.39 is 24.6 Å². The maximum absolute atomic E-state index is 11.4. The number of nitrogens with zero attached hydrogens (tertiary/aromatic N) is 1. The fourth-order valence-electron chi connectivity index (χ4n) is 1.62. The molecule has 1 aliphatic heterocycles. The van der Waals surface area contributed by atoms with Gasteiger partial charge in [-0.3, -0.25) is 0 Å². The molecule has 1 fully saturated rings.